The number of hydrogen-bond acceptors (Lipinski definition) is 1. The Morgan fingerprint density at radius 3 is 2.79 bits per heavy atom. The van der Waals surface area contributed by atoms with Crippen molar-refractivity contribution >= 4 is 5.78 Å². The van der Waals surface area contributed by atoms with Crippen LogP contribution in [-0.2, 0) is 4.79 Å². The molecule has 0 aromatic rings. The lowest BCUT2D eigenvalue weighted by Gasteiger charge is -2.58. The van der Waals surface area contributed by atoms with Crippen molar-refractivity contribution < 1.29 is 4.79 Å². The molecule has 2 fully saturated rings. The third-order valence-corrected chi connectivity index (χ3v) is 8.17. The molecule has 128 valence electrons. The molecule has 0 saturated heterocycles. The fourth-order valence-corrected chi connectivity index (χ4v) is 6.90. The lowest BCUT2D eigenvalue weighted by molar-refractivity contribution is -0.117. The summed E-state index contributed by atoms with van der Waals surface area (Å²) in [6.07, 6.45) is 13.8. The molecular formula is C23H30O. The molecule has 1 heteroatoms. The lowest BCUT2D eigenvalue weighted by Crippen LogP contribution is -2.50. The van der Waals surface area contributed by atoms with E-state index in [9.17, 15) is 4.79 Å². The van der Waals surface area contributed by atoms with E-state index in [1.165, 1.54) is 43.3 Å². The van der Waals surface area contributed by atoms with E-state index in [2.05, 4.69) is 31.8 Å². The van der Waals surface area contributed by atoms with Gasteiger partial charge in [0.15, 0.2) is 5.78 Å². The summed E-state index contributed by atoms with van der Waals surface area (Å²) in [6.45, 7) is 6.82. The zero-order valence-corrected chi connectivity index (χ0v) is 15.5. The lowest BCUT2D eigenvalue weighted by atomic mass is 9.46. The number of carbonyl (C=O) groups excluding carboxylic acids is 1. The molecule has 24 heavy (non-hydrogen) atoms. The van der Waals surface area contributed by atoms with Crippen LogP contribution in [0.5, 0.6) is 0 Å². The van der Waals surface area contributed by atoms with Crippen molar-refractivity contribution in [3.8, 4) is 11.8 Å². The van der Waals surface area contributed by atoms with Gasteiger partial charge >= 0.3 is 0 Å². The number of carbonyl (C=O) groups is 1. The topological polar surface area (TPSA) is 17.1 Å². The van der Waals surface area contributed by atoms with Gasteiger partial charge < -0.3 is 0 Å². The third kappa shape index (κ3) is 2.05. The fourth-order valence-electron chi connectivity index (χ4n) is 6.90. The summed E-state index contributed by atoms with van der Waals surface area (Å²) in [4.78, 5) is 11.9. The van der Waals surface area contributed by atoms with Crippen LogP contribution in [0.25, 0.3) is 0 Å². The van der Waals surface area contributed by atoms with Crippen molar-refractivity contribution in [2.45, 2.75) is 72.1 Å². The van der Waals surface area contributed by atoms with E-state index in [1.54, 1.807) is 0 Å². The quantitative estimate of drug-likeness (QED) is 0.585. The molecule has 0 aromatic heterocycles. The highest BCUT2D eigenvalue weighted by atomic mass is 16.1. The molecule has 0 N–H and O–H groups in total. The molecule has 0 heterocycles. The first-order valence-electron chi connectivity index (χ1n) is 9.92. The van der Waals surface area contributed by atoms with Gasteiger partial charge in [0.1, 0.15) is 0 Å². The Morgan fingerprint density at radius 2 is 2.04 bits per heavy atom. The van der Waals surface area contributed by atoms with Crippen LogP contribution in [0.1, 0.15) is 72.1 Å². The second-order valence-electron chi connectivity index (χ2n) is 8.75. The maximum Gasteiger partial charge on any atom is 0.155 e. The standard InChI is InChI=1S/C23H30O/c1-4-6-16-8-10-21-19-9-7-17-15-18(24)11-13-22(17,3)20(19)12-14-23(16,21)5-2/h8,15,19-21H,5,7,9-14H2,1-3H3/t19?,20?,21?,22-,23+/m0/s1. The van der Waals surface area contributed by atoms with Crippen molar-refractivity contribution in [2.24, 2.45) is 28.6 Å². The summed E-state index contributed by atoms with van der Waals surface area (Å²) in [6, 6.07) is 0. The normalized spacial score (nSPS) is 43.6. The summed E-state index contributed by atoms with van der Waals surface area (Å²) in [5.41, 5.74) is 3.56. The summed E-state index contributed by atoms with van der Waals surface area (Å²) in [7, 11) is 0. The van der Waals surface area contributed by atoms with Gasteiger partial charge in [0.05, 0.1) is 0 Å². The SMILES string of the molecule is CC#CC1=CCC2C3CCC4=CC(=O)CC[C@]4(C)C3CC[C@]12CC. The first-order chi connectivity index (χ1) is 11.5. The van der Waals surface area contributed by atoms with Crippen molar-refractivity contribution in [3.05, 3.63) is 23.3 Å². The third-order valence-electron chi connectivity index (χ3n) is 8.17. The predicted molar refractivity (Wildman–Crippen MR) is 98.2 cm³/mol. The second kappa shape index (κ2) is 5.62. The molecule has 0 radical (unpaired) electrons. The maximum absolute atomic E-state index is 11.9. The average molecular weight is 322 g/mol. The first-order valence-corrected chi connectivity index (χ1v) is 9.92. The highest BCUT2D eigenvalue weighted by Gasteiger charge is 2.57. The zero-order chi connectivity index (χ0) is 16.9. The maximum atomic E-state index is 11.9. The smallest absolute Gasteiger partial charge is 0.155 e. The Hall–Kier alpha value is -1.29. The van der Waals surface area contributed by atoms with Gasteiger partial charge in [-0.25, -0.2) is 0 Å². The van der Waals surface area contributed by atoms with Crippen LogP contribution >= 0.6 is 0 Å². The minimum atomic E-state index is 0.288. The Labute approximate surface area is 147 Å². The number of fused-ring (bicyclic) bond motifs is 5. The van der Waals surface area contributed by atoms with E-state index in [1.807, 2.05) is 13.0 Å². The molecule has 5 atom stereocenters. The zero-order valence-electron chi connectivity index (χ0n) is 15.5. The van der Waals surface area contributed by atoms with Crippen LogP contribution in [0.2, 0.25) is 0 Å². The number of hydrogen-bond donors (Lipinski definition) is 0. The van der Waals surface area contributed by atoms with Gasteiger partial charge in [-0.2, -0.15) is 0 Å². The largest absolute Gasteiger partial charge is 0.295 e. The number of rotatable bonds is 1. The monoisotopic (exact) mass is 322 g/mol. The van der Waals surface area contributed by atoms with Gasteiger partial charge in [-0.3, -0.25) is 4.79 Å². The van der Waals surface area contributed by atoms with Gasteiger partial charge in [-0.05, 0) is 81.1 Å². The Bertz CT molecular complexity index is 685. The average Bonchev–Trinajstić information content (AvgIpc) is 2.95. The highest BCUT2D eigenvalue weighted by molar-refractivity contribution is 5.91. The highest BCUT2D eigenvalue weighted by Crippen LogP contribution is 2.66. The molecular weight excluding hydrogens is 292 g/mol. The molecule has 0 bridgehead atoms. The minimum Gasteiger partial charge on any atom is -0.295 e. The van der Waals surface area contributed by atoms with Crippen molar-refractivity contribution in [1.29, 1.82) is 0 Å². The number of ketones is 1. The van der Waals surface area contributed by atoms with Gasteiger partial charge in [0.2, 0.25) is 0 Å². The van der Waals surface area contributed by atoms with Crippen LogP contribution in [-0.4, -0.2) is 5.78 Å². The molecule has 0 aromatic carbocycles. The molecule has 3 unspecified atom stereocenters. The molecule has 4 aliphatic carbocycles. The fraction of sp³-hybridized carbons (Fsp3) is 0.696. The second-order valence-corrected chi connectivity index (χ2v) is 8.75. The summed E-state index contributed by atoms with van der Waals surface area (Å²) >= 11 is 0. The summed E-state index contributed by atoms with van der Waals surface area (Å²) < 4.78 is 0. The van der Waals surface area contributed by atoms with E-state index in [4.69, 9.17) is 0 Å². The molecule has 1 nitrogen and oxygen atoms in total. The minimum absolute atomic E-state index is 0.288. The van der Waals surface area contributed by atoms with Gasteiger partial charge in [0, 0.05) is 17.4 Å². The Morgan fingerprint density at radius 1 is 1.21 bits per heavy atom. The van der Waals surface area contributed by atoms with E-state index < -0.39 is 0 Å². The van der Waals surface area contributed by atoms with Crippen LogP contribution < -0.4 is 0 Å². The van der Waals surface area contributed by atoms with Crippen LogP contribution in [0.4, 0.5) is 0 Å². The molecule has 2 saturated carbocycles. The number of allylic oxidation sites excluding steroid dienone is 4. The Balaban J connectivity index is 1.69. The predicted octanol–water partition coefficient (Wildman–Crippen LogP) is 5.47. The Kier molecular flexibility index (Phi) is 3.79. The van der Waals surface area contributed by atoms with Gasteiger partial charge in [-0.15, -0.1) is 5.92 Å². The van der Waals surface area contributed by atoms with E-state index >= 15 is 0 Å². The van der Waals surface area contributed by atoms with Gasteiger partial charge in [-0.1, -0.05) is 31.4 Å². The molecule has 4 rings (SSSR count). The van der Waals surface area contributed by atoms with Crippen molar-refractivity contribution in [1.82, 2.24) is 0 Å². The van der Waals surface area contributed by atoms with Crippen LogP contribution in [0.15, 0.2) is 23.3 Å². The van der Waals surface area contributed by atoms with E-state index in [0.29, 0.717) is 11.2 Å². The van der Waals surface area contributed by atoms with Gasteiger partial charge in [0.25, 0.3) is 0 Å². The van der Waals surface area contributed by atoms with Crippen molar-refractivity contribution in [3.63, 3.8) is 0 Å². The van der Waals surface area contributed by atoms with Crippen LogP contribution in [0, 0.1) is 40.4 Å². The summed E-state index contributed by atoms with van der Waals surface area (Å²) in [5.74, 6) is 9.37. The van der Waals surface area contributed by atoms with E-state index in [0.717, 1.165) is 37.0 Å². The first kappa shape index (κ1) is 16.2. The molecule has 4 aliphatic rings. The molecule has 0 amide bonds. The van der Waals surface area contributed by atoms with E-state index in [-0.39, 0.29) is 5.41 Å². The van der Waals surface area contributed by atoms with Crippen molar-refractivity contribution in [2.75, 3.05) is 0 Å². The molecule has 0 spiro atoms. The molecule has 0 aliphatic heterocycles. The van der Waals surface area contributed by atoms with Crippen LogP contribution in [0.3, 0.4) is 0 Å². The summed E-state index contributed by atoms with van der Waals surface area (Å²) in [5, 5.41) is 0.